The highest BCUT2D eigenvalue weighted by Gasteiger charge is 2.43. The lowest BCUT2D eigenvalue weighted by atomic mass is 9.91. The Morgan fingerprint density at radius 1 is 1.00 bits per heavy atom. The van der Waals surface area contributed by atoms with E-state index in [2.05, 4.69) is 17.4 Å². The summed E-state index contributed by atoms with van der Waals surface area (Å²) in [4.78, 5) is 39.0. The van der Waals surface area contributed by atoms with Gasteiger partial charge in [0, 0.05) is 19.0 Å². The number of carboxylic acid groups (broad SMARTS) is 1. The Labute approximate surface area is 205 Å². The molecule has 0 unspecified atom stereocenters. The highest BCUT2D eigenvalue weighted by Crippen LogP contribution is 2.44. The van der Waals surface area contributed by atoms with Crippen molar-refractivity contribution in [3.8, 4) is 11.1 Å². The summed E-state index contributed by atoms with van der Waals surface area (Å²) in [5, 5.41) is 12.6. The summed E-state index contributed by atoms with van der Waals surface area (Å²) in [6.45, 7) is 5.95. The maximum Gasteiger partial charge on any atom is 0.410 e. The van der Waals surface area contributed by atoms with E-state index < -0.39 is 29.3 Å². The average Bonchev–Trinajstić information content (AvgIpc) is 2.94. The molecule has 2 aromatic rings. The second-order valence-corrected chi connectivity index (χ2v) is 10.2. The number of likely N-dealkylation sites (tertiary alicyclic amines) is 1. The number of hydrogen-bond acceptors (Lipinski definition) is 5. The summed E-state index contributed by atoms with van der Waals surface area (Å²) in [6, 6.07) is 16.0. The number of carbonyl (C=O) groups excluding carboxylic acids is 2. The van der Waals surface area contributed by atoms with E-state index in [0.717, 1.165) is 22.3 Å². The molecule has 186 valence electrons. The van der Waals surface area contributed by atoms with E-state index in [0.29, 0.717) is 13.0 Å². The predicted octanol–water partition coefficient (Wildman–Crippen LogP) is 4.77. The molecule has 1 heterocycles. The fourth-order valence-corrected chi connectivity index (χ4v) is 4.87. The molecule has 1 saturated heterocycles. The first kappa shape index (κ1) is 24.6. The third-order valence-corrected chi connectivity index (χ3v) is 6.59. The van der Waals surface area contributed by atoms with Crippen LogP contribution in [0, 0.1) is 0 Å². The van der Waals surface area contributed by atoms with Gasteiger partial charge in [0.05, 0.1) is 0 Å². The van der Waals surface area contributed by atoms with Crippen molar-refractivity contribution in [2.24, 2.45) is 0 Å². The molecule has 1 atom stereocenters. The van der Waals surface area contributed by atoms with Gasteiger partial charge in [-0.1, -0.05) is 48.5 Å². The second-order valence-electron chi connectivity index (χ2n) is 10.2. The van der Waals surface area contributed by atoms with Crippen LogP contribution in [-0.4, -0.2) is 59.0 Å². The van der Waals surface area contributed by atoms with Gasteiger partial charge in [-0.3, -0.25) is 0 Å². The van der Waals surface area contributed by atoms with Crippen molar-refractivity contribution < 1.29 is 29.0 Å². The molecule has 0 spiro atoms. The zero-order valence-electron chi connectivity index (χ0n) is 20.4. The molecular formula is C27H32N2O6. The van der Waals surface area contributed by atoms with Gasteiger partial charge in [-0.2, -0.15) is 0 Å². The summed E-state index contributed by atoms with van der Waals surface area (Å²) in [5.74, 6) is -1.26. The van der Waals surface area contributed by atoms with E-state index in [1.165, 1.54) is 4.90 Å². The molecule has 0 aromatic heterocycles. The topological polar surface area (TPSA) is 105 Å². The van der Waals surface area contributed by atoms with Crippen molar-refractivity contribution >= 4 is 18.2 Å². The minimum atomic E-state index is -1.51. The van der Waals surface area contributed by atoms with Crippen LogP contribution in [0.4, 0.5) is 9.59 Å². The van der Waals surface area contributed by atoms with Crippen LogP contribution in [0.15, 0.2) is 48.5 Å². The van der Waals surface area contributed by atoms with E-state index in [9.17, 15) is 19.5 Å². The lowest BCUT2D eigenvalue weighted by molar-refractivity contribution is -0.145. The number of nitrogens with one attached hydrogen (secondary N) is 1. The maximum atomic E-state index is 12.8. The summed E-state index contributed by atoms with van der Waals surface area (Å²) < 4.78 is 11.0. The number of hydrogen-bond donors (Lipinski definition) is 2. The Kier molecular flexibility index (Phi) is 6.74. The van der Waals surface area contributed by atoms with Gasteiger partial charge in [0.1, 0.15) is 17.7 Å². The monoisotopic (exact) mass is 480 g/mol. The van der Waals surface area contributed by atoms with Crippen molar-refractivity contribution in [2.45, 2.75) is 57.1 Å². The van der Waals surface area contributed by atoms with E-state index in [-0.39, 0.29) is 31.9 Å². The zero-order valence-corrected chi connectivity index (χ0v) is 20.4. The molecule has 0 bridgehead atoms. The lowest BCUT2D eigenvalue weighted by Crippen LogP contribution is -2.55. The van der Waals surface area contributed by atoms with E-state index >= 15 is 0 Å². The largest absolute Gasteiger partial charge is 0.480 e. The average molecular weight is 481 g/mol. The molecule has 1 aliphatic heterocycles. The van der Waals surface area contributed by atoms with Gasteiger partial charge in [0.15, 0.2) is 0 Å². The molecule has 8 heteroatoms. The summed E-state index contributed by atoms with van der Waals surface area (Å²) in [7, 11) is 0. The number of ether oxygens (including phenoxy) is 2. The van der Waals surface area contributed by atoms with Gasteiger partial charge in [0.25, 0.3) is 0 Å². The number of nitrogens with zero attached hydrogens (tertiary/aromatic N) is 1. The molecule has 0 saturated carbocycles. The highest BCUT2D eigenvalue weighted by molar-refractivity contribution is 5.85. The molecule has 8 nitrogen and oxygen atoms in total. The summed E-state index contributed by atoms with van der Waals surface area (Å²) >= 11 is 0. The van der Waals surface area contributed by atoms with Gasteiger partial charge >= 0.3 is 18.2 Å². The summed E-state index contributed by atoms with van der Waals surface area (Å²) in [5.41, 5.74) is 2.23. The van der Waals surface area contributed by atoms with Gasteiger partial charge in [-0.25, -0.2) is 14.4 Å². The molecule has 1 aliphatic carbocycles. The molecule has 2 aliphatic rings. The lowest BCUT2D eigenvalue weighted by Gasteiger charge is -2.29. The van der Waals surface area contributed by atoms with Crippen molar-refractivity contribution in [1.29, 1.82) is 0 Å². The number of carboxylic acids is 1. The Balaban J connectivity index is 1.42. The fraction of sp³-hybridized carbons (Fsp3) is 0.444. The highest BCUT2D eigenvalue weighted by atomic mass is 16.6. The first-order valence-electron chi connectivity index (χ1n) is 11.9. The Bertz CT molecular complexity index is 1080. The molecule has 0 radical (unpaired) electrons. The van der Waals surface area contributed by atoms with Crippen LogP contribution >= 0.6 is 0 Å². The molecule has 2 N–H and O–H groups in total. The molecular weight excluding hydrogens is 448 g/mol. The van der Waals surface area contributed by atoms with Crippen LogP contribution < -0.4 is 5.32 Å². The number of benzene rings is 2. The molecule has 2 aromatic carbocycles. The normalized spacial score (nSPS) is 19.8. The van der Waals surface area contributed by atoms with Crippen LogP contribution in [-0.2, 0) is 14.3 Å². The number of rotatable bonds is 4. The smallest absolute Gasteiger partial charge is 0.410 e. The Hall–Kier alpha value is -3.55. The SMILES string of the molecule is CC(C)(C)OC(=O)N1CCC[C@](NC(=O)OCC2c3ccccc3-c3ccccc32)(C(=O)O)CC1. The van der Waals surface area contributed by atoms with E-state index in [4.69, 9.17) is 9.47 Å². The van der Waals surface area contributed by atoms with Crippen molar-refractivity contribution in [1.82, 2.24) is 10.2 Å². The van der Waals surface area contributed by atoms with Crippen LogP contribution in [0.25, 0.3) is 11.1 Å². The first-order chi connectivity index (χ1) is 16.6. The van der Waals surface area contributed by atoms with E-state index in [1.807, 2.05) is 36.4 Å². The Morgan fingerprint density at radius 3 is 2.17 bits per heavy atom. The number of fused-ring (bicyclic) bond motifs is 3. The first-order valence-corrected chi connectivity index (χ1v) is 11.9. The molecule has 4 rings (SSSR count). The van der Waals surface area contributed by atoms with Gasteiger partial charge in [0.2, 0.25) is 0 Å². The minimum absolute atomic E-state index is 0.0613. The van der Waals surface area contributed by atoms with Gasteiger partial charge < -0.3 is 24.8 Å². The second kappa shape index (κ2) is 9.60. The van der Waals surface area contributed by atoms with E-state index in [1.54, 1.807) is 20.8 Å². The third-order valence-electron chi connectivity index (χ3n) is 6.59. The molecule has 2 amide bonds. The van der Waals surface area contributed by atoms with Crippen LogP contribution in [0.5, 0.6) is 0 Å². The maximum absolute atomic E-state index is 12.8. The minimum Gasteiger partial charge on any atom is -0.480 e. The fourth-order valence-electron chi connectivity index (χ4n) is 4.87. The number of amides is 2. The number of alkyl carbamates (subject to hydrolysis) is 1. The molecule has 35 heavy (non-hydrogen) atoms. The number of carbonyl (C=O) groups is 3. The quantitative estimate of drug-likeness (QED) is 0.653. The number of aliphatic carboxylic acids is 1. The van der Waals surface area contributed by atoms with Crippen molar-refractivity contribution in [3.63, 3.8) is 0 Å². The third kappa shape index (κ3) is 5.26. The summed E-state index contributed by atoms with van der Waals surface area (Å²) in [6.07, 6.45) is -0.605. The Morgan fingerprint density at radius 2 is 1.60 bits per heavy atom. The van der Waals surface area contributed by atoms with Gasteiger partial charge in [-0.05, 0) is 62.3 Å². The predicted molar refractivity (Wildman–Crippen MR) is 130 cm³/mol. The standard InChI is InChI=1S/C27H32N2O6/c1-26(2,3)35-25(33)29-15-8-13-27(14-16-29,23(30)31)28-24(32)34-17-22-20-11-6-4-9-18(20)19-10-5-7-12-21(19)22/h4-7,9-12,22H,8,13-17H2,1-3H3,(H,28,32)(H,30,31)/t27-/m1/s1. The van der Waals surface area contributed by atoms with Crippen molar-refractivity contribution in [2.75, 3.05) is 19.7 Å². The van der Waals surface area contributed by atoms with Crippen LogP contribution in [0.3, 0.4) is 0 Å². The van der Waals surface area contributed by atoms with Crippen molar-refractivity contribution in [3.05, 3.63) is 59.7 Å². The van der Waals surface area contributed by atoms with Crippen LogP contribution in [0.2, 0.25) is 0 Å². The van der Waals surface area contributed by atoms with Crippen LogP contribution in [0.1, 0.15) is 57.1 Å². The zero-order chi connectivity index (χ0) is 25.2. The molecule has 1 fully saturated rings. The van der Waals surface area contributed by atoms with Gasteiger partial charge in [-0.15, -0.1) is 0 Å².